The number of fused-ring (bicyclic) bond motifs is 1. The van der Waals surface area contributed by atoms with Crippen LogP contribution in [0.3, 0.4) is 0 Å². The first kappa shape index (κ1) is 14.5. The molecule has 0 aromatic carbocycles. The highest BCUT2D eigenvalue weighted by Gasteiger charge is 2.48. The Labute approximate surface area is 112 Å². The molecule has 10 heteroatoms. The van der Waals surface area contributed by atoms with Crippen LogP contribution in [0.5, 0.6) is 0 Å². The summed E-state index contributed by atoms with van der Waals surface area (Å²) in [5, 5.41) is 5.64. The van der Waals surface area contributed by atoms with Gasteiger partial charge in [-0.2, -0.15) is 31.4 Å². The van der Waals surface area contributed by atoms with E-state index in [4.69, 9.17) is 0 Å². The number of alkyl halides is 6. The van der Waals surface area contributed by atoms with Gasteiger partial charge in [-0.15, -0.1) is 0 Å². The number of aromatic nitrogens is 2. The van der Waals surface area contributed by atoms with Crippen LogP contribution in [-0.2, 0) is 6.18 Å². The molecule has 0 spiro atoms. The summed E-state index contributed by atoms with van der Waals surface area (Å²) in [6, 6.07) is -2.67. The highest BCUT2D eigenvalue weighted by molar-refractivity contribution is 9.10. The van der Waals surface area contributed by atoms with Gasteiger partial charge in [0.1, 0.15) is 5.82 Å². The van der Waals surface area contributed by atoms with E-state index in [1.807, 2.05) is 0 Å². The lowest BCUT2D eigenvalue weighted by Crippen LogP contribution is -2.38. The van der Waals surface area contributed by atoms with Gasteiger partial charge in [-0.1, -0.05) is 0 Å². The van der Waals surface area contributed by atoms with Crippen molar-refractivity contribution >= 4 is 21.7 Å². The first-order valence-corrected chi connectivity index (χ1v) is 5.99. The average molecular weight is 352 g/mol. The molecular formula is C9H8BrF6N3. The highest BCUT2D eigenvalue weighted by Crippen LogP contribution is 2.45. The maximum Gasteiger partial charge on any atom is 0.436 e. The molecule has 0 saturated carbocycles. The van der Waals surface area contributed by atoms with E-state index in [2.05, 4.69) is 26.3 Å². The fourth-order valence-corrected chi connectivity index (χ4v) is 2.55. The molecule has 108 valence electrons. The minimum atomic E-state index is -4.82. The molecule has 0 aliphatic carbocycles. The Balaban J connectivity index is 2.57. The first-order valence-electron chi connectivity index (χ1n) is 5.20. The molecule has 1 aromatic rings. The second-order valence-corrected chi connectivity index (χ2v) is 5.09. The van der Waals surface area contributed by atoms with Crippen LogP contribution < -0.4 is 5.32 Å². The van der Waals surface area contributed by atoms with E-state index in [1.54, 1.807) is 0 Å². The number of hydrogen-bond donors (Lipinski definition) is 1. The Morgan fingerprint density at radius 2 is 1.84 bits per heavy atom. The summed E-state index contributed by atoms with van der Waals surface area (Å²) in [7, 11) is 0. The SMILES string of the molecule is CC1CC(C(F)(F)F)n2nc(C(F)(F)F)c(Br)c2N1. The van der Waals surface area contributed by atoms with Gasteiger partial charge in [-0.25, -0.2) is 4.68 Å². The lowest BCUT2D eigenvalue weighted by molar-refractivity contribution is -0.175. The molecule has 2 heterocycles. The summed E-state index contributed by atoms with van der Waals surface area (Å²) in [6.45, 7) is 1.47. The number of hydrogen-bond acceptors (Lipinski definition) is 2. The van der Waals surface area contributed by atoms with Gasteiger partial charge in [0, 0.05) is 6.04 Å². The van der Waals surface area contributed by atoms with E-state index in [0.29, 0.717) is 4.68 Å². The summed E-state index contributed by atoms with van der Waals surface area (Å²) < 4.78 is 76.3. The van der Waals surface area contributed by atoms with Gasteiger partial charge in [0.2, 0.25) is 0 Å². The second-order valence-electron chi connectivity index (χ2n) is 4.29. The van der Waals surface area contributed by atoms with Crippen molar-refractivity contribution in [3.05, 3.63) is 10.2 Å². The largest absolute Gasteiger partial charge is 0.436 e. The zero-order chi connectivity index (χ0) is 14.6. The zero-order valence-corrected chi connectivity index (χ0v) is 11.0. The fraction of sp³-hybridized carbons (Fsp3) is 0.667. The molecular weight excluding hydrogens is 344 g/mol. The summed E-state index contributed by atoms with van der Waals surface area (Å²) in [6.07, 6.45) is -9.84. The first-order chi connectivity index (χ1) is 8.51. The molecule has 0 amide bonds. The highest BCUT2D eigenvalue weighted by atomic mass is 79.9. The smallest absolute Gasteiger partial charge is 0.367 e. The van der Waals surface area contributed by atoms with Gasteiger partial charge in [-0.05, 0) is 29.3 Å². The van der Waals surface area contributed by atoms with Crippen LogP contribution in [0.2, 0.25) is 0 Å². The van der Waals surface area contributed by atoms with Crippen molar-refractivity contribution < 1.29 is 26.3 Å². The Kier molecular flexibility index (Phi) is 3.27. The van der Waals surface area contributed by atoms with Crippen molar-refractivity contribution in [1.82, 2.24) is 9.78 Å². The number of halogens is 7. The Morgan fingerprint density at radius 1 is 1.26 bits per heavy atom. The molecule has 0 fully saturated rings. The van der Waals surface area contributed by atoms with Gasteiger partial charge >= 0.3 is 12.4 Å². The van der Waals surface area contributed by atoms with Gasteiger partial charge in [0.25, 0.3) is 0 Å². The van der Waals surface area contributed by atoms with E-state index in [1.165, 1.54) is 6.92 Å². The zero-order valence-electron chi connectivity index (χ0n) is 9.40. The summed E-state index contributed by atoms with van der Waals surface area (Å²) in [5.41, 5.74) is -1.36. The van der Waals surface area contributed by atoms with Gasteiger partial charge < -0.3 is 5.32 Å². The monoisotopic (exact) mass is 351 g/mol. The molecule has 3 nitrogen and oxygen atoms in total. The molecule has 2 atom stereocenters. The van der Waals surface area contributed by atoms with Crippen molar-refractivity contribution in [2.45, 2.75) is 37.8 Å². The molecule has 1 aromatic heterocycles. The molecule has 0 bridgehead atoms. The predicted molar refractivity (Wildman–Crippen MR) is 57.7 cm³/mol. The normalized spacial score (nSPS) is 24.0. The van der Waals surface area contributed by atoms with Crippen molar-refractivity contribution in [3.8, 4) is 0 Å². The molecule has 0 saturated heterocycles. The quantitative estimate of drug-likeness (QED) is 0.716. The molecule has 1 N–H and O–H groups in total. The van der Waals surface area contributed by atoms with Crippen LogP contribution >= 0.6 is 15.9 Å². The molecule has 2 rings (SSSR count). The lowest BCUT2D eigenvalue weighted by Gasteiger charge is -2.31. The average Bonchev–Trinajstić information content (AvgIpc) is 2.53. The third kappa shape index (κ3) is 2.54. The Bertz CT molecular complexity index is 491. The third-order valence-electron chi connectivity index (χ3n) is 2.75. The minimum absolute atomic E-state index is 0.298. The molecule has 0 radical (unpaired) electrons. The number of anilines is 1. The molecule has 19 heavy (non-hydrogen) atoms. The number of nitrogens with zero attached hydrogens (tertiary/aromatic N) is 2. The van der Waals surface area contributed by atoms with E-state index in [-0.39, 0.29) is 12.2 Å². The van der Waals surface area contributed by atoms with Gasteiger partial charge in [0.05, 0.1) is 4.47 Å². The van der Waals surface area contributed by atoms with Gasteiger partial charge in [0.15, 0.2) is 11.7 Å². The fourth-order valence-electron chi connectivity index (χ4n) is 1.95. The molecule has 2 unspecified atom stereocenters. The maximum absolute atomic E-state index is 12.8. The molecule has 1 aliphatic rings. The molecule has 1 aliphatic heterocycles. The standard InChI is InChI=1S/C9H8BrF6N3/c1-3-2-4(8(11,12)13)19-7(17-3)5(10)6(18-19)9(14,15)16/h3-4,17H,2H2,1H3. The lowest BCUT2D eigenvalue weighted by atomic mass is 10.1. The number of nitrogens with one attached hydrogen (secondary N) is 1. The Morgan fingerprint density at radius 3 is 2.32 bits per heavy atom. The summed E-state index contributed by atoms with van der Waals surface area (Å²) >= 11 is 2.66. The van der Waals surface area contributed by atoms with E-state index in [0.717, 1.165) is 0 Å². The van der Waals surface area contributed by atoms with Crippen molar-refractivity contribution in [1.29, 1.82) is 0 Å². The maximum atomic E-state index is 12.8. The van der Waals surface area contributed by atoms with E-state index >= 15 is 0 Å². The van der Waals surface area contributed by atoms with Crippen molar-refractivity contribution in [2.24, 2.45) is 0 Å². The number of rotatable bonds is 0. The Hall–Kier alpha value is -0.930. The van der Waals surface area contributed by atoms with Crippen LogP contribution in [-0.4, -0.2) is 22.0 Å². The van der Waals surface area contributed by atoms with Crippen LogP contribution in [0.4, 0.5) is 32.2 Å². The van der Waals surface area contributed by atoms with Crippen LogP contribution in [0.25, 0.3) is 0 Å². The summed E-state index contributed by atoms with van der Waals surface area (Å²) in [5.74, 6) is -0.298. The van der Waals surface area contributed by atoms with Crippen molar-refractivity contribution in [3.63, 3.8) is 0 Å². The van der Waals surface area contributed by atoms with Crippen LogP contribution in [0.15, 0.2) is 4.47 Å². The van der Waals surface area contributed by atoms with Crippen LogP contribution in [0, 0.1) is 0 Å². The van der Waals surface area contributed by atoms with E-state index < -0.39 is 34.6 Å². The van der Waals surface area contributed by atoms with E-state index in [9.17, 15) is 26.3 Å². The van der Waals surface area contributed by atoms with Crippen molar-refractivity contribution in [2.75, 3.05) is 5.32 Å². The third-order valence-corrected chi connectivity index (χ3v) is 3.51. The predicted octanol–water partition coefficient (Wildman–Crippen LogP) is 3.97. The minimum Gasteiger partial charge on any atom is -0.367 e. The van der Waals surface area contributed by atoms with Gasteiger partial charge in [-0.3, -0.25) is 0 Å². The van der Waals surface area contributed by atoms with Crippen LogP contribution in [0.1, 0.15) is 25.1 Å². The second kappa shape index (κ2) is 4.29. The summed E-state index contributed by atoms with van der Waals surface area (Å²) in [4.78, 5) is 0. The topological polar surface area (TPSA) is 29.9 Å².